The molecule has 2 aliphatic rings. The minimum Gasteiger partial charge on any atom is -0.480 e. The summed E-state index contributed by atoms with van der Waals surface area (Å²) in [5, 5.41) is 29.9. The molecule has 4 atom stereocenters. The maximum Gasteiger partial charge on any atom is 0.326 e. The zero-order chi connectivity index (χ0) is 14.0. The summed E-state index contributed by atoms with van der Waals surface area (Å²) in [7, 11) is 0. The summed E-state index contributed by atoms with van der Waals surface area (Å²) < 4.78 is 0. The summed E-state index contributed by atoms with van der Waals surface area (Å²) >= 11 is 0. The van der Waals surface area contributed by atoms with Crippen LogP contribution >= 0.6 is 0 Å². The number of carboxylic acids is 1. The first-order valence-electron chi connectivity index (χ1n) is 6.60. The summed E-state index contributed by atoms with van der Waals surface area (Å²) in [5.74, 6) is -0.712. The molecule has 0 aromatic heterocycles. The number of hydrogen-bond donors (Lipinski definition) is 4. The number of aliphatic carboxylic acids is 1. The Morgan fingerprint density at radius 1 is 1.32 bits per heavy atom. The number of likely N-dealkylation sites (tertiary alicyclic amines) is 1. The highest BCUT2D eigenvalue weighted by atomic mass is 16.4. The summed E-state index contributed by atoms with van der Waals surface area (Å²) in [6.07, 6.45) is 1.34. The normalized spacial score (nSPS) is 31.1. The topological polar surface area (TPSA) is 110 Å². The molecule has 0 aromatic rings. The summed E-state index contributed by atoms with van der Waals surface area (Å²) in [5.41, 5.74) is 0. The fraction of sp³-hybridized carbons (Fsp3) is 0.833. The van der Waals surface area contributed by atoms with Gasteiger partial charge in [-0.05, 0) is 18.8 Å². The van der Waals surface area contributed by atoms with Crippen molar-refractivity contribution in [2.45, 2.75) is 31.4 Å². The fourth-order valence-electron chi connectivity index (χ4n) is 3.03. The van der Waals surface area contributed by atoms with Crippen LogP contribution in [0.1, 0.15) is 19.3 Å². The summed E-state index contributed by atoms with van der Waals surface area (Å²) in [6, 6.07) is -1.50. The second-order valence-electron chi connectivity index (χ2n) is 5.33. The van der Waals surface area contributed by atoms with Crippen LogP contribution in [0, 0.1) is 11.8 Å². The van der Waals surface area contributed by atoms with E-state index < -0.39 is 18.0 Å². The number of carbonyl (C=O) groups is 2. The third kappa shape index (κ3) is 2.98. The molecule has 2 amide bonds. The first-order valence-corrected chi connectivity index (χ1v) is 6.60. The molecule has 1 saturated carbocycles. The predicted molar refractivity (Wildman–Crippen MR) is 65.5 cm³/mol. The lowest BCUT2D eigenvalue weighted by atomic mass is 10.00. The minimum atomic E-state index is -1.15. The van der Waals surface area contributed by atoms with Gasteiger partial charge in [0.15, 0.2) is 0 Å². The number of urea groups is 1. The van der Waals surface area contributed by atoms with E-state index in [1.54, 1.807) is 4.90 Å². The van der Waals surface area contributed by atoms with Crippen molar-refractivity contribution in [1.29, 1.82) is 0 Å². The molecule has 7 heteroatoms. The van der Waals surface area contributed by atoms with Gasteiger partial charge in [0.1, 0.15) is 6.04 Å². The van der Waals surface area contributed by atoms with Crippen molar-refractivity contribution in [3.63, 3.8) is 0 Å². The number of amides is 2. The van der Waals surface area contributed by atoms with E-state index in [1.807, 2.05) is 0 Å². The van der Waals surface area contributed by atoms with Gasteiger partial charge in [0.05, 0.1) is 6.10 Å². The van der Waals surface area contributed by atoms with E-state index in [0.717, 1.165) is 12.8 Å². The van der Waals surface area contributed by atoms with Crippen LogP contribution in [0.15, 0.2) is 0 Å². The van der Waals surface area contributed by atoms with Crippen LogP contribution in [-0.2, 0) is 4.79 Å². The molecule has 19 heavy (non-hydrogen) atoms. The monoisotopic (exact) mass is 272 g/mol. The van der Waals surface area contributed by atoms with Crippen molar-refractivity contribution in [2.75, 3.05) is 19.7 Å². The van der Waals surface area contributed by atoms with Crippen LogP contribution in [0.5, 0.6) is 0 Å². The Kier molecular flexibility index (Phi) is 4.26. The molecule has 7 nitrogen and oxygen atoms in total. The Morgan fingerprint density at radius 3 is 2.63 bits per heavy atom. The van der Waals surface area contributed by atoms with Crippen LogP contribution in [0.25, 0.3) is 0 Å². The molecule has 1 aliphatic heterocycles. The largest absolute Gasteiger partial charge is 0.480 e. The van der Waals surface area contributed by atoms with Gasteiger partial charge in [-0.3, -0.25) is 0 Å². The predicted octanol–water partition coefficient (Wildman–Crippen LogP) is -0.766. The number of hydrogen-bond acceptors (Lipinski definition) is 4. The van der Waals surface area contributed by atoms with Gasteiger partial charge in [-0.2, -0.15) is 0 Å². The Hall–Kier alpha value is -1.34. The number of nitrogens with one attached hydrogen (secondary N) is 1. The zero-order valence-corrected chi connectivity index (χ0v) is 10.7. The van der Waals surface area contributed by atoms with Gasteiger partial charge in [-0.15, -0.1) is 0 Å². The van der Waals surface area contributed by atoms with Crippen LogP contribution in [0.3, 0.4) is 0 Å². The van der Waals surface area contributed by atoms with Crippen molar-refractivity contribution < 1.29 is 24.9 Å². The van der Waals surface area contributed by atoms with Gasteiger partial charge in [0, 0.05) is 32.0 Å². The van der Waals surface area contributed by atoms with Gasteiger partial charge >= 0.3 is 12.0 Å². The number of aliphatic hydroxyl groups is 2. The van der Waals surface area contributed by atoms with Gasteiger partial charge in [-0.25, -0.2) is 9.59 Å². The van der Waals surface area contributed by atoms with E-state index in [0.29, 0.717) is 19.0 Å². The average molecular weight is 272 g/mol. The molecule has 2 fully saturated rings. The molecule has 1 heterocycles. The lowest BCUT2D eigenvalue weighted by molar-refractivity contribution is -0.139. The molecule has 1 aliphatic carbocycles. The standard InChI is InChI=1S/C12H20N2O5/c15-4-3-9(11(17)18)13-12(19)14-5-7-1-2-10(16)8(7)6-14/h7-10,15-16H,1-6H2,(H,13,19)(H,17,18). The van der Waals surface area contributed by atoms with E-state index in [4.69, 9.17) is 10.2 Å². The second-order valence-corrected chi connectivity index (χ2v) is 5.33. The van der Waals surface area contributed by atoms with Gasteiger partial charge in [0.25, 0.3) is 0 Å². The smallest absolute Gasteiger partial charge is 0.326 e. The molecule has 0 bridgehead atoms. The highest BCUT2D eigenvalue weighted by molar-refractivity contribution is 5.82. The lowest BCUT2D eigenvalue weighted by Crippen LogP contribution is -2.48. The Morgan fingerprint density at radius 2 is 2.05 bits per heavy atom. The molecule has 0 spiro atoms. The molecular formula is C12H20N2O5. The van der Waals surface area contributed by atoms with Gasteiger partial charge < -0.3 is 25.5 Å². The highest BCUT2D eigenvalue weighted by Crippen LogP contribution is 2.37. The Bertz CT molecular complexity index is 362. The van der Waals surface area contributed by atoms with Crippen LogP contribution in [-0.4, -0.2) is 64.1 Å². The van der Waals surface area contributed by atoms with E-state index >= 15 is 0 Å². The number of aliphatic hydroxyl groups excluding tert-OH is 2. The Labute approximate surface area is 111 Å². The van der Waals surface area contributed by atoms with E-state index in [1.165, 1.54) is 0 Å². The van der Waals surface area contributed by atoms with Crippen molar-refractivity contribution in [1.82, 2.24) is 10.2 Å². The number of rotatable bonds is 4. The van der Waals surface area contributed by atoms with E-state index in [-0.39, 0.29) is 25.0 Å². The van der Waals surface area contributed by atoms with Crippen molar-refractivity contribution >= 4 is 12.0 Å². The zero-order valence-electron chi connectivity index (χ0n) is 10.7. The van der Waals surface area contributed by atoms with E-state index in [9.17, 15) is 14.7 Å². The number of nitrogens with zero attached hydrogens (tertiary/aromatic N) is 1. The van der Waals surface area contributed by atoms with Gasteiger partial charge in [0.2, 0.25) is 0 Å². The Balaban J connectivity index is 1.89. The van der Waals surface area contributed by atoms with E-state index in [2.05, 4.69) is 5.32 Å². The third-order valence-electron chi connectivity index (χ3n) is 4.12. The van der Waals surface area contributed by atoms with Crippen LogP contribution in [0.2, 0.25) is 0 Å². The molecule has 108 valence electrons. The maximum absolute atomic E-state index is 12.0. The third-order valence-corrected chi connectivity index (χ3v) is 4.12. The number of carboxylic acid groups (broad SMARTS) is 1. The maximum atomic E-state index is 12.0. The quantitative estimate of drug-likeness (QED) is 0.537. The summed E-state index contributed by atoms with van der Waals surface area (Å²) in [6.45, 7) is 0.753. The van der Waals surface area contributed by atoms with Crippen molar-refractivity contribution in [3.8, 4) is 0 Å². The van der Waals surface area contributed by atoms with Crippen LogP contribution < -0.4 is 5.32 Å². The number of carbonyl (C=O) groups excluding carboxylic acids is 1. The average Bonchev–Trinajstić information content (AvgIpc) is 2.91. The summed E-state index contributed by atoms with van der Waals surface area (Å²) in [4.78, 5) is 24.4. The fourth-order valence-corrected chi connectivity index (χ4v) is 3.03. The first kappa shape index (κ1) is 14.1. The molecule has 1 saturated heterocycles. The molecule has 4 unspecified atom stereocenters. The molecule has 0 radical (unpaired) electrons. The SMILES string of the molecule is O=C(O)C(CCO)NC(=O)N1CC2CCC(O)C2C1. The van der Waals surface area contributed by atoms with Crippen molar-refractivity contribution in [3.05, 3.63) is 0 Å². The van der Waals surface area contributed by atoms with Crippen molar-refractivity contribution in [2.24, 2.45) is 11.8 Å². The molecular weight excluding hydrogens is 252 g/mol. The molecule has 2 rings (SSSR count). The highest BCUT2D eigenvalue weighted by Gasteiger charge is 2.43. The minimum absolute atomic E-state index is 0.00953. The van der Waals surface area contributed by atoms with Gasteiger partial charge in [-0.1, -0.05) is 0 Å². The lowest BCUT2D eigenvalue weighted by Gasteiger charge is -2.21. The second kappa shape index (κ2) is 5.75. The number of fused-ring (bicyclic) bond motifs is 1. The van der Waals surface area contributed by atoms with Crippen LogP contribution in [0.4, 0.5) is 4.79 Å². The first-order chi connectivity index (χ1) is 9.02. The molecule has 4 N–H and O–H groups in total. The molecule has 0 aromatic carbocycles.